The van der Waals surface area contributed by atoms with E-state index in [-0.39, 0.29) is 5.75 Å². The van der Waals surface area contributed by atoms with Crippen LogP contribution in [0.15, 0.2) is 48.5 Å². The van der Waals surface area contributed by atoms with Crippen LogP contribution in [0.5, 0.6) is 5.75 Å². The van der Waals surface area contributed by atoms with Crippen molar-refractivity contribution in [3.63, 3.8) is 0 Å². The Hall–Kier alpha value is -2.67. The summed E-state index contributed by atoms with van der Waals surface area (Å²) in [7, 11) is 0. The predicted octanol–water partition coefficient (Wildman–Crippen LogP) is 4.98. The van der Waals surface area contributed by atoms with Gasteiger partial charge in [-0.25, -0.2) is 4.68 Å². The number of ether oxygens (including phenoxy) is 1. The Morgan fingerprint density at radius 1 is 1.11 bits per heavy atom. The van der Waals surface area contributed by atoms with Crippen LogP contribution < -0.4 is 10.1 Å². The van der Waals surface area contributed by atoms with Crippen LogP contribution in [0.1, 0.15) is 16.8 Å². The number of halogens is 4. The number of anilines is 1. The second kappa shape index (κ2) is 6.81. The normalized spacial score (nSPS) is 13.3. The maximum atomic E-state index is 12.3. The molecule has 0 aliphatic carbocycles. The Morgan fingerprint density at radius 2 is 1.85 bits per heavy atom. The van der Waals surface area contributed by atoms with Gasteiger partial charge in [-0.15, -0.1) is 13.2 Å². The summed E-state index contributed by atoms with van der Waals surface area (Å²) in [6.07, 6.45) is -3.28. The van der Waals surface area contributed by atoms with Gasteiger partial charge in [0.15, 0.2) is 0 Å². The van der Waals surface area contributed by atoms with Crippen LogP contribution in [0.2, 0.25) is 5.02 Å². The van der Waals surface area contributed by atoms with Crippen molar-refractivity contribution >= 4 is 17.4 Å². The third kappa shape index (κ3) is 3.73. The second-order valence-corrected chi connectivity index (χ2v) is 6.58. The number of aromatic nitrogens is 2. The summed E-state index contributed by atoms with van der Waals surface area (Å²) in [4.78, 5) is 0. The zero-order chi connectivity index (χ0) is 19.0. The lowest BCUT2D eigenvalue weighted by atomic mass is 10.1. The number of nitrogens with zero attached hydrogens (tertiary/aromatic N) is 2. The number of nitrogens with one attached hydrogen (secondary N) is 1. The molecule has 140 valence electrons. The van der Waals surface area contributed by atoms with Gasteiger partial charge >= 0.3 is 6.36 Å². The maximum absolute atomic E-state index is 12.3. The van der Waals surface area contributed by atoms with E-state index in [1.807, 2.05) is 24.3 Å². The first kappa shape index (κ1) is 17.7. The van der Waals surface area contributed by atoms with E-state index in [1.54, 1.807) is 16.8 Å². The van der Waals surface area contributed by atoms with Crippen molar-refractivity contribution in [1.82, 2.24) is 9.78 Å². The number of rotatable bonds is 4. The van der Waals surface area contributed by atoms with Gasteiger partial charge < -0.3 is 10.1 Å². The highest BCUT2D eigenvalue weighted by molar-refractivity contribution is 6.31. The summed E-state index contributed by atoms with van der Waals surface area (Å²) in [5.74, 6) is 0.598. The van der Waals surface area contributed by atoms with Gasteiger partial charge in [-0.2, -0.15) is 5.10 Å². The van der Waals surface area contributed by atoms with Crippen LogP contribution in [0.4, 0.5) is 19.0 Å². The molecule has 0 spiro atoms. The van der Waals surface area contributed by atoms with E-state index >= 15 is 0 Å². The minimum absolute atomic E-state index is 0.265. The first-order valence-electron chi connectivity index (χ1n) is 8.35. The topological polar surface area (TPSA) is 39.1 Å². The van der Waals surface area contributed by atoms with Gasteiger partial charge in [0.2, 0.25) is 0 Å². The molecule has 0 amide bonds. The minimum Gasteiger partial charge on any atom is -0.406 e. The molecule has 8 heteroatoms. The lowest BCUT2D eigenvalue weighted by Gasteiger charge is -2.10. The van der Waals surface area contributed by atoms with Gasteiger partial charge in [-0.1, -0.05) is 29.8 Å². The Balaban J connectivity index is 1.65. The second-order valence-electron chi connectivity index (χ2n) is 6.17. The molecule has 0 fully saturated rings. The molecule has 0 unspecified atom stereocenters. The van der Waals surface area contributed by atoms with E-state index in [0.29, 0.717) is 17.1 Å². The van der Waals surface area contributed by atoms with Crippen LogP contribution in [0.3, 0.4) is 0 Å². The standard InChI is InChI=1S/C19H15ClF3N3O/c20-16-4-2-1-3-12(16)11-17-15-9-10-24-18(15)26(25-17)13-5-7-14(8-6-13)27-19(21,22)23/h1-8,24H,9-11H2. The summed E-state index contributed by atoms with van der Waals surface area (Å²) < 4.78 is 42.6. The fraction of sp³-hybridized carbons (Fsp3) is 0.211. The zero-order valence-electron chi connectivity index (χ0n) is 14.1. The van der Waals surface area contributed by atoms with Crippen molar-refractivity contribution < 1.29 is 17.9 Å². The molecule has 0 saturated carbocycles. The van der Waals surface area contributed by atoms with Gasteiger partial charge in [0.1, 0.15) is 11.6 Å². The molecule has 4 nitrogen and oxygen atoms in total. The molecule has 1 aliphatic heterocycles. The van der Waals surface area contributed by atoms with Gasteiger partial charge in [-0.3, -0.25) is 0 Å². The average molecular weight is 394 g/mol. The molecule has 1 N–H and O–H groups in total. The number of alkyl halides is 3. The molecule has 0 saturated heterocycles. The summed E-state index contributed by atoms with van der Waals surface area (Å²) in [5, 5.41) is 8.65. The van der Waals surface area contributed by atoms with Crippen molar-refractivity contribution in [1.29, 1.82) is 0 Å². The number of benzene rings is 2. The van der Waals surface area contributed by atoms with Crippen molar-refractivity contribution in [2.24, 2.45) is 0 Å². The zero-order valence-corrected chi connectivity index (χ0v) is 14.8. The van der Waals surface area contributed by atoms with Crippen LogP contribution >= 0.6 is 11.6 Å². The lowest BCUT2D eigenvalue weighted by Crippen LogP contribution is -2.17. The predicted molar refractivity (Wildman–Crippen MR) is 96.7 cm³/mol. The number of hydrogen-bond donors (Lipinski definition) is 1. The Kier molecular flexibility index (Phi) is 4.47. The number of fused-ring (bicyclic) bond motifs is 1. The highest BCUT2D eigenvalue weighted by Gasteiger charge is 2.31. The van der Waals surface area contributed by atoms with Crippen LogP contribution in [-0.2, 0) is 12.8 Å². The highest BCUT2D eigenvalue weighted by Crippen LogP contribution is 2.32. The van der Waals surface area contributed by atoms with Gasteiger partial charge in [0.05, 0.1) is 11.4 Å². The molecule has 3 aromatic rings. The summed E-state index contributed by atoms with van der Waals surface area (Å²) in [6.45, 7) is 0.790. The number of hydrogen-bond acceptors (Lipinski definition) is 3. The SMILES string of the molecule is FC(F)(F)Oc1ccc(-n2nc(Cc3ccccc3Cl)c3c2NCC3)cc1. The van der Waals surface area contributed by atoms with E-state index in [4.69, 9.17) is 11.6 Å². The summed E-state index contributed by atoms with van der Waals surface area (Å²) >= 11 is 6.26. The van der Waals surface area contributed by atoms with Crippen molar-refractivity contribution in [2.45, 2.75) is 19.2 Å². The van der Waals surface area contributed by atoms with Gasteiger partial charge in [0, 0.05) is 23.6 Å². The molecule has 0 radical (unpaired) electrons. The molecular weight excluding hydrogens is 379 g/mol. The van der Waals surface area contributed by atoms with Crippen molar-refractivity contribution in [2.75, 3.05) is 11.9 Å². The average Bonchev–Trinajstić information content (AvgIpc) is 3.20. The van der Waals surface area contributed by atoms with Crippen molar-refractivity contribution in [3.05, 3.63) is 70.4 Å². The maximum Gasteiger partial charge on any atom is 0.573 e. The van der Waals surface area contributed by atoms with E-state index < -0.39 is 6.36 Å². The molecule has 2 aromatic carbocycles. The monoisotopic (exact) mass is 393 g/mol. The first-order chi connectivity index (χ1) is 12.9. The van der Waals surface area contributed by atoms with E-state index in [1.165, 1.54) is 12.1 Å². The largest absolute Gasteiger partial charge is 0.573 e. The molecule has 1 aromatic heterocycles. The fourth-order valence-electron chi connectivity index (χ4n) is 3.19. The molecule has 4 rings (SSSR count). The van der Waals surface area contributed by atoms with Crippen molar-refractivity contribution in [3.8, 4) is 11.4 Å². The first-order valence-corrected chi connectivity index (χ1v) is 8.73. The Labute approximate surface area is 158 Å². The van der Waals surface area contributed by atoms with E-state index in [2.05, 4.69) is 15.2 Å². The fourth-order valence-corrected chi connectivity index (χ4v) is 3.39. The molecule has 0 bridgehead atoms. The Morgan fingerprint density at radius 3 is 2.56 bits per heavy atom. The van der Waals surface area contributed by atoms with Crippen LogP contribution in [0.25, 0.3) is 5.69 Å². The van der Waals surface area contributed by atoms with E-state index in [0.717, 1.165) is 35.6 Å². The summed E-state index contributed by atoms with van der Waals surface area (Å²) in [5.41, 5.74) is 3.64. The minimum atomic E-state index is -4.71. The van der Waals surface area contributed by atoms with Crippen LogP contribution in [0, 0.1) is 0 Å². The lowest BCUT2D eigenvalue weighted by molar-refractivity contribution is -0.274. The van der Waals surface area contributed by atoms with E-state index in [9.17, 15) is 13.2 Å². The molecular formula is C19H15ClF3N3O. The highest BCUT2D eigenvalue weighted by atomic mass is 35.5. The third-order valence-corrected chi connectivity index (χ3v) is 4.73. The Bertz CT molecular complexity index is 967. The van der Waals surface area contributed by atoms with Crippen LogP contribution in [-0.4, -0.2) is 22.7 Å². The van der Waals surface area contributed by atoms with Gasteiger partial charge in [0.25, 0.3) is 0 Å². The summed E-state index contributed by atoms with van der Waals surface area (Å²) in [6, 6.07) is 13.3. The quantitative estimate of drug-likeness (QED) is 0.679. The molecule has 2 heterocycles. The molecule has 0 atom stereocenters. The smallest absolute Gasteiger partial charge is 0.406 e. The molecule has 1 aliphatic rings. The van der Waals surface area contributed by atoms with Gasteiger partial charge in [-0.05, 0) is 42.3 Å². The third-order valence-electron chi connectivity index (χ3n) is 4.36. The molecule has 27 heavy (non-hydrogen) atoms.